The van der Waals surface area contributed by atoms with Crippen LogP contribution < -0.4 is 16.0 Å². The van der Waals surface area contributed by atoms with Gasteiger partial charge in [-0.2, -0.15) is 18.3 Å². The molecule has 4 N–H and O–H groups in total. The van der Waals surface area contributed by atoms with Crippen molar-refractivity contribution < 1.29 is 23.1 Å². The Labute approximate surface area is 196 Å². The molecule has 1 aliphatic carbocycles. The average Bonchev–Trinajstić information content (AvgIpc) is 2.79. The number of amides is 1. The zero-order valence-corrected chi connectivity index (χ0v) is 19.4. The van der Waals surface area contributed by atoms with E-state index in [0.29, 0.717) is 23.8 Å². The van der Waals surface area contributed by atoms with E-state index in [2.05, 4.69) is 26.1 Å². The number of benzene rings is 1. The lowest BCUT2D eigenvalue weighted by Crippen LogP contribution is -2.68. The van der Waals surface area contributed by atoms with Gasteiger partial charge in [0.1, 0.15) is 0 Å². The summed E-state index contributed by atoms with van der Waals surface area (Å²) in [5.41, 5.74) is -0.778. The molecule has 1 saturated carbocycles. The summed E-state index contributed by atoms with van der Waals surface area (Å²) >= 11 is 0. The predicted octanol–water partition coefficient (Wildman–Crippen LogP) is 3.34. The van der Waals surface area contributed by atoms with Gasteiger partial charge in [-0.25, -0.2) is 0 Å². The van der Waals surface area contributed by atoms with Crippen LogP contribution in [0.3, 0.4) is 0 Å². The Morgan fingerprint density at radius 1 is 1.24 bits per heavy atom. The maximum Gasteiger partial charge on any atom is 0.416 e. The van der Waals surface area contributed by atoms with Crippen LogP contribution in [0.1, 0.15) is 45.1 Å². The quantitative estimate of drug-likeness (QED) is 0.486. The van der Waals surface area contributed by atoms with E-state index in [1.807, 2.05) is 13.8 Å². The van der Waals surface area contributed by atoms with E-state index in [1.165, 1.54) is 12.3 Å². The molecule has 0 bridgehead atoms. The summed E-state index contributed by atoms with van der Waals surface area (Å²) in [5.74, 6) is 0.949. The van der Waals surface area contributed by atoms with Gasteiger partial charge in [0.15, 0.2) is 5.82 Å². The Morgan fingerprint density at radius 3 is 2.59 bits per heavy atom. The molecule has 10 heteroatoms. The molecular formula is C24H32F3N5O2. The van der Waals surface area contributed by atoms with Crippen LogP contribution in [0.4, 0.5) is 19.0 Å². The largest absolute Gasteiger partial charge is 0.416 e. The van der Waals surface area contributed by atoms with Crippen LogP contribution in [0.2, 0.25) is 0 Å². The third kappa shape index (κ3) is 5.43. The summed E-state index contributed by atoms with van der Waals surface area (Å²) in [5, 5.41) is 28.1. The van der Waals surface area contributed by atoms with Gasteiger partial charge in [0.05, 0.1) is 30.5 Å². The summed E-state index contributed by atoms with van der Waals surface area (Å²) in [6, 6.07) is 3.58. The summed E-state index contributed by atoms with van der Waals surface area (Å²) in [6.07, 6.45) is 0.674. The minimum atomic E-state index is -4.47. The van der Waals surface area contributed by atoms with E-state index in [9.17, 15) is 23.1 Å². The Hall–Kier alpha value is -2.46. The molecular weight excluding hydrogens is 447 g/mol. The zero-order chi connectivity index (χ0) is 24.5. The minimum Gasteiger partial charge on any atom is -0.393 e. The first-order valence-electron chi connectivity index (χ1n) is 11.9. The van der Waals surface area contributed by atoms with E-state index in [-0.39, 0.29) is 47.8 Å². The van der Waals surface area contributed by atoms with E-state index in [1.54, 1.807) is 0 Å². The van der Waals surface area contributed by atoms with Crippen LogP contribution in [-0.4, -0.2) is 52.5 Å². The normalized spacial score (nSPS) is 26.2. The van der Waals surface area contributed by atoms with Crippen molar-refractivity contribution in [2.75, 3.05) is 18.4 Å². The fourth-order valence-electron chi connectivity index (χ4n) is 5.20. The highest BCUT2D eigenvalue weighted by atomic mass is 19.4. The van der Waals surface area contributed by atoms with Gasteiger partial charge in [0, 0.05) is 23.4 Å². The monoisotopic (exact) mass is 479 g/mol. The Bertz CT molecular complexity index is 1010. The Kier molecular flexibility index (Phi) is 7.28. The highest BCUT2D eigenvalue weighted by Gasteiger charge is 2.40. The molecule has 3 atom stereocenters. The average molecular weight is 480 g/mol. The van der Waals surface area contributed by atoms with Gasteiger partial charge in [-0.3, -0.25) is 4.79 Å². The van der Waals surface area contributed by atoms with E-state index < -0.39 is 11.7 Å². The second-order valence-corrected chi connectivity index (χ2v) is 9.86. The number of hydrogen-bond donors (Lipinski definition) is 4. The van der Waals surface area contributed by atoms with E-state index in [4.69, 9.17) is 0 Å². The molecule has 0 spiro atoms. The van der Waals surface area contributed by atoms with Crippen LogP contribution in [0.25, 0.3) is 10.8 Å². The van der Waals surface area contributed by atoms with E-state index in [0.717, 1.165) is 37.8 Å². The number of nitrogens with zero attached hydrogens (tertiary/aromatic N) is 2. The summed E-state index contributed by atoms with van der Waals surface area (Å²) in [6.45, 7) is 4.67. The number of nitrogens with one attached hydrogen (secondary N) is 3. The van der Waals surface area contributed by atoms with Gasteiger partial charge < -0.3 is 21.1 Å². The number of rotatable bonds is 7. The molecule has 2 aromatic rings. The third-order valence-electron chi connectivity index (χ3n) is 7.25. The van der Waals surface area contributed by atoms with Crippen molar-refractivity contribution in [1.82, 2.24) is 20.8 Å². The number of anilines is 1. The first-order valence-corrected chi connectivity index (χ1v) is 11.9. The van der Waals surface area contributed by atoms with Crippen LogP contribution >= 0.6 is 0 Å². The van der Waals surface area contributed by atoms with Gasteiger partial charge in [0.2, 0.25) is 5.91 Å². The number of carbonyl (C=O) groups excluding carboxylic acids is 1. The van der Waals surface area contributed by atoms with Crippen molar-refractivity contribution in [1.29, 1.82) is 0 Å². The van der Waals surface area contributed by atoms with Gasteiger partial charge in [-0.15, -0.1) is 5.10 Å². The lowest BCUT2D eigenvalue weighted by molar-refractivity contribution is -0.137. The SMILES string of the molecule is CC(C)[C@H](O)[C@H]1CC[C@H](C2NCC2NC(=O)CNc2nncc3ccc(C(F)(F)F)cc23)CC1. The van der Waals surface area contributed by atoms with Crippen molar-refractivity contribution in [3.8, 4) is 0 Å². The smallest absolute Gasteiger partial charge is 0.393 e. The molecule has 2 unspecified atom stereocenters. The molecule has 4 rings (SSSR count). The number of aliphatic hydroxyl groups excluding tert-OH is 1. The molecule has 7 nitrogen and oxygen atoms in total. The summed E-state index contributed by atoms with van der Waals surface area (Å²) in [4.78, 5) is 12.6. The second kappa shape index (κ2) is 10.0. The molecule has 186 valence electrons. The van der Waals surface area contributed by atoms with Crippen LogP contribution in [0, 0.1) is 17.8 Å². The molecule has 34 heavy (non-hydrogen) atoms. The van der Waals surface area contributed by atoms with Crippen molar-refractivity contribution in [2.45, 2.75) is 63.9 Å². The number of aliphatic hydroxyl groups is 1. The van der Waals surface area contributed by atoms with Crippen LogP contribution in [-0.2, 0) is 11.0 Å². The number of hydrogen-bond acceptors (Lipinski definition) is 6. The van der Waals surface area contributed by atoms with Gasteiger partial charge >= 0.3 is 6.18 Å². The highest BCUT2D eigenvalue weighted by molar-refractivity contribution is 5.93. The molecule has 1 aromatic carbocycles. The second-order valence-electron chi connectivity index (χ2n) is 9.86. The number of carbonyl (C=O) groups is 1. The number of fused-ring (bicyclic) bond motifs is 1. The van der Waals surface area contributed by atoms with E-state index >= 15 is 0 Å². The Morgan fingerprint density at radius 2 is 1.97 bits per heavy atom. The molecule has 0 radical (unpaired) electrons. The van der Waals surface area contributed by atoms with Crippen LogP contribution in [0.5, 0.6) is 0 Å². The fraction of sp³-hybridized carbons (Fsp3) is 0.625. The maximum atomic E-state index is 13.1. The van der Waals surface area contributed by atoms with Crippen molar-refractivity contribution >= 4 is 22.5 Å². The molecule has 2 heterocycles. The molecule has 1 aromatic heterocycles. The number of aromatic nitrogens is 2. The topological polar surface area (TPSA) is 99.2 Å². The molecule has 1 amide bonds. The number of alkyl halides is 3. The lowest BCUT2D eigenvalue weighted by atomic mass is 9.71. The predicted molar refractivity (Wildman–Crippen MR) is 123 cm³/mol. The summed E-state index contributed by atoms with van der Waals surface area (Å²) in [7, 11) is 0. The fourth-order valence-corrected chi connectivity index (χ4v) is 5.20. The standard InChI is InChI=1S/C24H32F3N5O2/c1-13(2)22(34)15-5-3-14(4-6-15)21-19(11-28-21)31-20(33)12-29-23-18-9-17(24(25,26)27)8-7-16(18)10-30-32-23/h7-10,13-15,19,21-22,28,34H,3-6,11-12H2,1-2H3,(H,29,32)(H,31,33)/t14-,15-,19?,21?,22-/m0/s1. The first-order chi connectivity index (χ1) is 16.1. The first kappa shape index (κ1) is 24.7. The summed E-state index contributed by atoms with van der Waals surface area (Å²) < 4.78 is 39.3. The van der Waals surface area contributed by atoms with Crippen LogP contribution in [0.15, 0.2) is 24.4 Å². The van der Waals surface area contributed by atoms with Crippen molar-refractivity contribution in [2.24, 2.45) is 17.8 Å². The number of halogens is 3. The Balaban J connectivity index is 1.31. The molecule has 1 saturated heterocycles. The highest BCUT2D eigenvalue weighted by Crippen LogP contribution is 2.36. The third-order valence-corrected chi connectivity index (χ3v) is 7.25. The van der Waals surface area contributed by atoms with Gasteiger partial charge in [0.25, 0.3) is 0 Å². The molecule has 1 aliphatic heterocycles. The maximum absolute atomic E-state index is 13.1. The van der Waals surface area contributed by atoms with Gasteiger partial charge in [-0.1, -0.05) is 19.9 Å². The lowest BCUT2D eigenvalue weighted by Gasteiger charge is -2.46. The van der Waals surface area contributed by atoms with Crippen molar-refractivity contribution in [3.63, 3.8) is 0 Å². The van der Waals surface area contributed by atoms with Crippen molar-refractivity contribution in [3.05, 3.63) is 30.0 Å². The zero-order valence-electron chi connectivity index (χ0n) is 19.4. The van der Waals surface area contributed by atoms with Gasteiger partial charge in [-0.05, 0) is 55.6 Å². The molecule has 2 aliphatic rings. The molecule has 2 fully saturated rings. The minimum absolute atomic E-state index is 0.0151.